The summed E-state index contributed by atoms with van der Waals surface area (Å²) in [7, 11) is 0. The molecule has 1 aromatic rings. The summed E-state index contributed by atoms with van der Waals surface area (Å²) in [5.74, 6) is 2.42. The third-order valence-corrected chi connectivity index (χ3v) is 9.57. The highest BCUT2D eigenvalue weighted by molar-refractivity contribution is 5.54. The van der Waals surface area contributed by atoms with Gasteiger partial charge in [-0.05, 0) is 37.0 Å². The van der Waals surface area contributed by atoms with Crippen LogP contribution in [0.25, 0.3) is 0 Å². The molecule has 4 heteroatoms. The number of nitrogens with two attached hydrogens (primary N) is 1. The lowest BCUT2D eigenvalue weighted by Gasteiger charge is -2.19. The van der Waals surface area contributed by atoms with Crippen molar-refractivity contribution in [1.29, 1.82) is 0 Å². The van der Waals surface area contributed by atoms with Crippen molar-refractivity contribution in [3.8, 4) is 17.2 Å². The maximum atomic E-state index is 6.45. The quantitative estimate of drug-likeness (QED) is 0.0722. The van der Waals surface area contributed by atoms with Crippen molar-refractivity contribution in [2.75, 3.05) is 19.8 Å². The van der Waals surface area contributed by atoms with Crippen molar-refractivity contribution in [3.63, 3.8) is 0 Å². The van der Waals surface area contributed by atoms with Crippen LogP contribution in [0.4, 0.5) is 0 Å². The van der Waals surface area contributed by atoms with Gasteiger partial charge in [-0.15, -0.1) is 0 Å². The van der Waals surface area contributed by atoms with E-state index in [1.807, 2.05) is 0 Å². The number of ether oxygens (including phenoxy) is 3. The van der Waals surface area contributed by atoms with Gasteiger partial charge in [0.2, 0.25) is 5.75 Å². The molecule has 1 rings (SSSR count). The Morgan fingerprint density at radius 3 is 0.894 bits per heavy atom. The number of hydrogen-bond acceptors (Lipinski definition) is 4. The predicted molar refractivity (Wildman–Crippen MR) is 206 cm³/mol. The molecule has 0 spiro atoms. The van der Waals surface area contributed by atoms with Crippen LogP contribution in [0.2, 0.25) is 0 Å². The van der Waals surface area contributed by atoms with Gasteiger partial charge in [-0.1, -0.05) is 194 Å². The fourth-order valence-electron chi connectivity index (χ4n) is 6.41. The first-order chi connectivity index (χ1) is 23.3. The zero-order valence-electron chi connectivity index (χ0n) is 32.0. The molecule has 0 aliphatic heterocycles. The SMILES string of the molecule is CCCCCCCCCCCCOc1cc(CN)cc(OCCCCCCCCCCCC)c1OCCCCCCCCCCCC. The average Bonchev–Trinajstić information content (AvgIpc) is 3.09. The van der Waals surface area contributed by atoms with Gasteiger partial charge < -0.3 is 19.9 Å². The Kier molecular flexibility index (Phi) is 32.0. The highest BCUT2D eigenvalue weighted by atomic mass is 16.5. The van der Waals surface area contributed by atoms with Gasteiger partial charge in [-0.2, -0.15) is 0 Å². The van der Waals surface area contributed by atoms with Gasteiger partial charge in [0, 0.05) is 6.54 Å². The number of benzene rings is 1. The highest BCUT2D eigenvalue weighted by Crippen LogP contribution is 2.39. The third-order valence-electron chi connectivity index (χ3n) is 9.57. The minimum atomic E-state index is 0.474. The molecule has 0 aromatic heterocycles. The molecule has 0 heterocycles. The first kappa shape index (κ1) is 43.6. The zero-order chi connectivity index (χ0) is 33.9. The average molecular weight is 660 g/mol. The fraction of sp³-hybridized carbons (Fsp3) is 0.860. The normalized spacial score (nSPS) is 11.3. The molecule has 0 aliphatic rings. The second-order valence-electron chi connectivity index (χ2n) is 14.2. The van der Waals surface area contributed by atoms with Crippen molar-refractivity contribution in [3.05, 3.63) is 17.7 Å². The Hall–Kier alpha value is -1.42. The summed E-state index contributed by atoms with van der Waals surface area (Å²) in [6, 6.07) is 4.16. The number of unbranched alkanes of at least 4 members (excludes halogenated alkanes) is 27. The molecular formula is C43H81NO3. The Labute approximate surface area is 294 Å². The third kappa shape index (κ3) is 26.2. The van der Waals surface area contributed by atoms with Crippen LogP contribution in [0.5, 0.6) is 17.2 Å². The van der Waals surface area contributed by atoms with E-state index in [-0.39, 0.29) is 0 Å². The van der Waals surface area contributed by atoms with Crippen molar-refractivity contribution in [2.45, 2.75) is 220 Å². The van der Waals surface area contributed by atoms with Crippen molar-refractivity contribution in [1.82, 2.24) is 0 Å². The Balaban J connectivity index is 2.54. The first-order valence-electron chi connectivity index (χ1n) is 21.0. The molecule has 0 aliphatic carbocycles. The lowest BCUT2D eigenvalue weighted by Crippen LogP contribution is -2.08. The summed E-state index contributed by atoms with van der Waals surface area (Å²) in [6.07, 6.45) is 39.7. The van der Waals surface area contributed by atoms with Crippen LogP contribution in [-0.2, 0) is 6.54 Å². The van der Waals surface area contributed by atoms with Gasteiger partial charge in [-0.3, -0.25) is 0 Å². The van der Waals surface area contributed by atoms with Gasteiger partial charge in [0.25, 0.3) is 0 Å². The second kappa shape index (κ2) is 34.4. The molecule has 4 nitrogen and oxygen atoms in total. The standard InChI is InChI=1S/C43H81NO3/c1-4-7-10-13-16-19-22-25-28-31-34-45-41-37-40(39-44)38-42(46-35-32-29-26-23-20-17-14-11-8-5-2)43(41)47-36-33-30-27-24-21-18-15-12-9-6-3/h37-38H,4-36,39,44H2,1-3H3. The molecule has 0 saturated heterocycles. The highest BCUT2D eigenvalue weighted by Gasteiger charge is 2.16. The van der Waals surface area contributed by atoms with E-state index in [0.29, 0.717) is 13.2 Å². The van der Waals surface area contributed by atoms with E-state index in [4.69, 9.17) is 19.9 Å². The predicted octanol–water partition coefficient (Wildman–Crippen LogP) is 14.0. The van der Waals surface area contributed by atoms with E-state index < -0.39 is 0 Å². The summed E-state index contributed by atoms with van der Waals surface area (Å²) < 4.78 is 19.2. The zero-order valence-corrected chi connectivity index (χ0v) is 32.0. The molecule has 0 amide bonds. The molecule has 276 valence electrons. The Morgan fingerprint density at radius 1 is 0.362 bits per heavy atom. The van der Waals surface area contributed by atoms with E-state index in [1.54, 1.807) is 0 Å². The van der Waals surface area contributed by atoms with Crippen LogP contribution in [-0.4, -0.2) is 19.8 Å². The topological polar surface area (TPSA) is 53.7 Å². The van der Waals surface area contributed by atoms with E-state index in [9.17, 15) is 0 Å². The molecule has 0 atom stereocenters. The van der Waals surface area contributed by atoms with Crippen molar-refractivity contribution >= 4 is 0 Å². The lowest BCUT2D eigenvalue weighted by atomic mass is 10.1. The molecule has 2 N–H and O–H groups in total. The van der Waals surface area contributed by atoms with Gasteiger partial charge in [-0.25, -0.2) is 0 Å². The summed E-state index contributed by atoms with van der Waals surface area (Å²) in [4.78, 5) is 0. The molecule has 0 bridgehead atoms. The molecule has 0 fully saturated rings. The molecule has 0 radical (unpaired) electrons. The van der Waals surface area contributed by atoms with E-state index in [2.05, 4.69) is 32.9 Å². The van der Waals surface area contributed by atoms with E-state index >= 15 is 0 Å². The molecule has 0 saturated carbocycles. The molecule has 0 unspecified atom stereocenters. The maximum absolute atomic E-state index is 6.45. The number of hydrogen-bond donors (Lipinski definition) is 1. The largest absolute Gasteiger partial charge is 0.490 e. The maximum Gasteiger partial charge on any atom is 0.203 e. The Bertz CT molecular complexity index is 735. The van der Waals surface area contributed by atoms with Crippen molar-refractivity contribution < 1.29 is 14.2 Å². The van der Waals surface area contributed by atoms with Crippen LogP contribution < -0.4 is 19.9 Å². The van der Waals surface area contributed by atoms with Crippen LogP contribution in [0.1, 0.15) is 219 Å². The van der Waals surface area contributed by atoms with Gasteiger partial charge in [0.1, 0.15) is 0 Å². The summed E-state index contributed by atoms with van der Waals surface area (Å²) in [5.41, 5.74) is 7.17. The van der Waals surface area contributed by atoms with Crippen LogP contribution in [0, 0.1) is 0 Å². The molecular weight excluding hydrogens is 578 g/mol. The van der Waals surface area contributed by atoms with Crippen LogP contribution >= 0.6 is 0 Å². The van der Waals surface area contributed by atoms with Gasteiger partial charge >= 0.3 is 0 Å². The Morgan fingerprint density at radius 2 is 0.617 bits per heavy atom. The lowest BCUT2D eigenvalue weighted by molar-refractivity contribution is 0.234. The van der Waals surface area contributed by atoms with E-state index in [0.717, 1.165) is 55.3 Å². The van der Waals surface area contributed by atoms with Crippen LogP contribution in [0.3, 0.4) is 0 Å². The number of rotatable bonds is 37. The molecule has 1 aromatic carbocycles. The summed E-state index contributed by atoms with van der Waals surface area (Å²) >= 11 is 0. The van der Waals surface area contributed by atoms with E-state index in [1.165, 1.54) is 173 Å². The second-order valence-corrected chi connectivity index (χ2v) is 14.2. The summed E-state index contributed by atoms with van der Waals surface area (Å²) in [6.45, 7) is 9.48. The fourth-order valence-corrected chi connectivity index (χ4v) is 6.41. The molecule has 47 heavy (non-hydrogen) atoms. The van der Waals surface area contributed by atoms with Crippen LogP contribution in [0.15, 0.2) is 12.1 Å². The summed E-state index contributed by atoms with van der Waals surface area (Å²) in [5, 5.41) is 0. The van der Waals surface area contributed by atoms with Gasteiger partial charge in [0.15, 0.2) is 11.5 Å². The van der Waals surface area contributed by atoms with Gasteiger partial charge in [0.05, 0.1) is 19.8 Å². The minimum Gasteiger partial charge on any atom is -0.490 e. The smallest absolute Gasteiger partial charge is 0.203 e. The monoisotopic (exact) mass is 660 g/mol. The minimum absolute atomic E-state index is 0.474. The first-order valence-corrected chi connectivity index (χ1v) is 21.0. The van der Waals surface area contributed by atoms with Crippen molar-refractivity contribution in [2.24, 2.45) is 5.73 Å².